The van der Waals surface area contributed by atoms with Crippen LogP contribution in [0.1, 0.15) is 49.1 Å². The Morgan fingerprint density at radius 2 is 2.09 bits per heavy atom. The number of hydrogen-bond donors (Lipinski definition) is 0. The zero-order valence-corrected chi connectivity index (χ0v) is 13.2. The summed E-state index contributed by atoms with van der Waals surface area (Å²) in [7, 11) is 2.16. The smallest absolute Gasteiger partial charge is 0.0875 e. The first-order chi connectivity index (χ1) is 10.8. The van der Waals surface area contributed by atoms with Crippen LogP contribution in [0.4, 0.5) is 0 Å². The summed E-state index contributed by atoms with van der Waals surface area (Å²) in [5.74, 6) is 0. The van der Waals surface area contributed by atoms with Gasteiger partial charge in [0.2, 0.25) is 0 Å². The Hall–Kier alpha value is -2.09. The largest absolute Gasteiger partial charge is 0.342 e. The molecule has 1 fully saturated rings. The Labute approximate surface area is 131 Å². The Bertz CT molecular complexity index is 818. The maximum atomic E-state index is 4.68. The molecule has 0 amide bonds. The molecule has 1 saturated carbocycles. The van der Waals surface area contributed by atoms with Crippen molar-refractivity contribution in [2.24, 2.45) is 7.05 Å². The van der Waals surface area contributed by atoms with E-state index in [0.29, 0.717) is 0 Å². The minimum Gasteiger partial charge on any atom is -0.342 e. The number of pyridine rings is 1. The molecule has 2 heterocycles. The fourth-order valence-corrected chi connectivity index (χ4v) is 3.86. The van der Waals surface area contributed by atoms with Gasteiger partial charge in [0, 0.05) is 24.3 Å². The molecule has 0 N–H and O–H groups in total. The van der Waals surface area contributed by atoms with Crippen LogP contribution in [0.5, 0.6) is 0 Å². The van der Waals surface area contributed by atoms with Gasteiger partial charge in [-0.15, -0.1) is 0 Å². The van der Waals surface area contributed by atoms with Crippen molar-refractivity contribution in [2.75, 3.05) is 0 Å². The van der Waals surface area contributed by atoms with Gasteiger partial charge < -0.3 is 4.57 Å². The summed E-state index contributed by atoms with van der Waals surface area (Å²) in [6.45, 7) is 4.25. The summed E-state index contributed by atoms with van der Waals surface area (Å²) in [4.78, 5) is 4.68. The third kappa shape index (κ3) is 2.06. The normalized spacial score (nSPS) is 19.9. The Balaban J connectivity index is 1.92. The lowest BCUT2D eigenvalue weighted by Gasteiger charge is -2.16. The first kappa shape index (κ1) is 13.6. The second-order valence-corrected chi connectivity index (χ2v) is 6.44. The minimum atomic E-state index is 1.10. The van der Waals surface area contributed by atoms with Crippen LogP contribution in [-0.4, -0.2) is 9.55 Å². The number of aromatic nitrogens is 2. The van der Waals surface area contributed by atoms with Gasteiger partial charge in [-0.2, -0.15) is 0 Å². The van der Waals surface area contributed by atoms with Crippen LogP contribution in [0.15, 0.2) is 36.1 Å². The molecule has 0 saturated heterocycles. The molecular formula is C20H22N2. The molecule has 22 heavy (non-hydrogen) atoms. The monoisotopic (exact) mass is 290 g/mol. The number of aryl methyl sites for hydroxylation is 2. The van der Waals surface area contributed by atoms with Gasteiger partial charge in [-0.05, 0) is 67.9 Å². The predicted molar refractivity (Wildman–Crippen MR) is 93.7 cm³/mol. The lowest BCUT2D eigenvalue weighted by Crippen LogP contribution is -1.99. The molecule has 0 unspecified atom stereocenters. The van der Waals surface area contributed by atoms with Crippen LogP contribution in [0, 0.1) is 0 Å². The highest BCUT2D eigenvalue weighted by molar-refractivity contribution is 5.93. The van der Waals surface area contributed by atoms with E-state index in [1.807, 2.05) is 6.20 Å². The van der Waals surface area contributed by atoms with E-state index in [-0.39, 0.29) is 0 Å². The first-order valence-electron chi connectivity index (χ1n) is 8.27. The van der Waals surface area contributed by atoms with Crippen molar-refractivity contribution in [1.82, 2.24) is 9.55 Å². The number of hydrogen-bond acceptors (Lipinski definition) is 1. The molecule has 2 aliphatic carbocycles. The predicted octanol–water partition coefficient (Wildman–Crippen LogP) is 5.05. The van der Waals surface area contributed by atoms with Crippen molar-refractivity contribution >= 4 is 23.1 Å². The quantitative estimate of drug-likeness (QED) is 0.719. The summed E-state index contributed by atoms with van der Waals surface area (Å²) in [6.07, 6.45) is 15.9. The maximum Gasteiger partial charge on any atom is 0.0875 e. The van der Waals surface area contributed by atoms with E-state index in [4.69, 9.17) is 0 Å². The molecule has 2 heteroatoms. The van der Waals surface area contributed by atoms with Crippen molar-refractivity contribution in [3.05, 3.63) is 53.0 Å². The van der Waals surface area contributed by atoms with Crippen LogP contribution in [-0.2, 0) is 13.5 Å². The van der Waals surface area contributed by atoms with Crippen LogP contribution in [0.3, 0.4) is 0 Å². The number of allylic oxidation sites excluding steroid dienone is 3. The zero-order valence-electron chi connectivity index (χ0n) is 13.2. The maximum absolute atomic E-state index is 4.68. The number of rotatable bonds is 1. The molecule has 0 bridgehead atoms. The van der Waals surface area contributed by atoms with Gasteiger partial charge >= 0.3 is 0 Å². The van der Waals surface area contributed by atoms with E-state index >= 15 is 0 Å². The first-order valence-corrected chi connectivity index (χ1v) is 8.27. The third-order valence-corrected chi connectivity index (χ3v) is 5.06. The Morgan fingerprint density at radius 1 is 1.23 bits per heavy atom. The molecule has 0 atom stereocenters. The fraction of sp³-hybridized carbons (Fsp3) is 0.350. The molecular weight excluding hydrogens is 268 g/mol. The zero-order chi connectivity index (χ0) is 15.1. The second-order valence-electron chi connectivity index (χ2n) is 6.44. The van der Waals surface area contributed by atoms with Crippen molar-refractivity contribution in [2.45, 2.75) is 38.5 Å². The number of fused-ring (bicyclic) bond motifs is 3. The molecule has 0 aliphatic heterocycles. The SMILES string of the molecule is C=C1CCCC/C1=C/c1nccc2c3c(n(C)c12)C=CCC3. The Kier molecular flexibility index (Phi) is 3.25. The van der Waals surface area contributed by atoms with Gasteiger partial charge in [0.05, 0.1) is 11.2 Å². The summed E-state index contributed by atoms with van der Waals surface area (Å²) in [5, 5.41) is 1.37. The van der Waals surface area contributed by atoms with Gasteiger partial charge in [0.1, 0.15) is 0 Å². The molecule has 2 nitrogen and oxygen atoms in total. The lowest BCUT2D eigenvalue weighted by atomic mass is 9.90. The average molecular weight is 290 g/mol. The summed E-state index contributed by atoms with van der Waals surface area (Å²) in [5.41, 5.74) is 7.87. The fourth-order valence-electron chi connectivity index (χ4n) is 3.86. The van der Waals surface area contributed by atoms with Crippen LogP contribution >= 0.6 is 0 Å². The highest BCUT2D eigenvalue weighted by Crippen LogP contribution is 2.34. The van der Waals surface area contributed by atoms with Crippen molar-refractivity contribution in [3.8, 4) is 0 Å². The van der Waals surface area contributed by atoms with E-state index in [1.165, 1.54) is 46.1 Å². The van der Waals surface area contributed by atoms with E-state index in [2.05, 4.69) is 47.5 Å². The van der Waals surface area contributed by atoms with Crippen molar-refractivity contribution in [3.63, 3.8) is 0 Å². The van der Waals surface area contributed by atoms with Crippen LogP contribution in [0.25, 0.3) is 23.1 Å². The molecule has 0 aromatic carbocycles. The molecule has 0 radical (unpaired) electrons. The molecule has 2 aliphatic rings. The molecule has 112 valence electrons. The lowest BCUT2D eigenvalue weighted by molar-refractivity contribution is 0.684. The minimum absolute atomic E-state index is 1.10. The van der Waals surface area contributed by atoms with Gasteiger partial charge in [-0.3, -0.25) is 4.98 Å². The van der Waals surface area contributed by atoms with Crippen LogP contribution < -0.4 is 0 Å². The molecule has 4 rings (SSSR count). The summed E-state index contributed by atoms with van der Waals surface area (Å²) < 4.78 is 2.31. The molecule has 2 aromatic heterocycles. The topological polar surface area (TPSA) is 17.8 Å². The van der Waals surface area contributed by atoms with E-state index in [1.54, 1.807) is 0 Å². The highest BCUT2D eigenvalue weighted by atomic mass is 15.0. The third-order valence-electron chi connectivity index (χ3n) is 5.06. The Morgan fingerprint density at radius 3 is 2.95 bits per heavy atom. The van der Waals surface area contributed by atoms with Crippen molar-refractivity contribution in [1.29, 1.82) is 0 Å². The van der Waals surface area contributed by atoms with E-state index in [0.717, 1.165) is 31.4 Å². The summed E-state index contributed by atoms with van der Waals surface area (Å²) >= 11 is 0. The second kappa shape index (κ2) is 5.28. The molecule has 2 aromatic rings. The van der Waals surface area contributed by atoms with E-state index in [9.17, 15) is 0 Å². The summed E-state index contributed by atoms with van der Waals surface area (Å²) in [6, 6.07) is 2.17. The van der Waals surface area contributed by atoms with Gasteiger partial charge in [-0.25, -0.2) is 0 Å². The standard InChI is InChI=1S/C20H22N2/c1-14-7-3-4-8-15(14)13-18-20-17(11-12-21-18)16-9-5-6-10-19(16)22(20)2/h6,10-13H,1,3-5,7-9H2,2H3/b15-13-. The highest BCUT2D eigenvalue weighted by Gasteiger charge is 2.18. The number of nitrogens with zero attached hydrogens (tertiary/aromatic N) is 2. The van der Waals surface area contributed by atoms with Crippen molar-refractivity contribution < 1.29 is 0 Å². The average Bonchev–Trinajstić information content (AvgIpc) is 2.84. The molecule has 0 spiro atoms. The van der Waals surface area contributed by atoms with Crippen LogP contribution in [0.2, 0.25) is 0 Å². The van der Waals surface area contributed by atoms with E-state index < -0.39 is 0 Å². The van der Waals surface area contributed by atoms with Gasteiger partial charge in [0.25, 0.3) is 0 Å². The van der Waals surface area contributed by atoms with Gasteiger partial charge in [-0.1, -0.05) is 18.2 Å². The van der Waals surface area contributed by atoms with Gasteiger partial charge in [0.15, 0.2) is 0 Å².